The van der Waals surface area contributed by atoms with Crippen molar-refractivity contribution < 1.29 is 14.6 Å². The summed E-state index contributed by atoms with van der Waals surface area (Å²) >= 11 is 0. The van der Waals surface area contributed by atoms with Crippen molar-refractivity contribution in [2.75, 3.05) is 6.61 Å². The molecule has 0 amide bonds. The van der Waals surface area contributed by atoms with E-state index < -0.39 is 11.9 Å². The van der Waals surface area contributed by atoms with Crippen molar-refractivity contribution in [3.8, 4) is 0 Å². The summed E-state index contributed by atoms with van der Waals surface area (Å²) in [6, 6.07) is 0. The van der Waals surface area contributed by atoms with Crippen LogP contribution in [-0.2, 0) is 9.47 Å². The topological polar surface area (TPSA) is 38.7 Å². The quantitative estimate of drug-likeness (QED) is 0.553. The molecule has 0 bridgehead atoms. The number of aliphatic hydroxyl groups is 1. The van der Waals surface area contributed by atoms with Crippen LogP contribution in [0.4, 0.5) is 0 Å². The Morgan fingerprint density at radius 1 is 1.73 bits per heavy atom. The van der Waals surface area contributed by atoms with Gasteiger partial charge in [0.1, 0.15) is 14.0 Å². The van der Waals surface area contributed by atoms with Gasteiger partial charge in [0, 0.05) is 0 Å². The molecule has 1 N–H and O–H groups in total. The molecule has 1 saturated heterocycles. The van der Waals surface area contributed by atoms with E-state index in [0.717, 1.165) is 0 Å². The highest BCUT2D eigenvalue weighted by Crippen LogP contribution is 2.24. The molecule has 2 atom stereocenters. The predicted octanol–water partition coefficient (Wildman–Crippen LogP) is -0.450. The molecule has 1 aliphatic rings. The fourth-order valence-electron chi connectivity index (χ4n) is 1.17. The summed E-state index contributed by atoms with van der Waals surface area (Å²) in [7, 11) is 1.93. The first-order valence-electron chi connectivity index (χ1n) is 4.05. The zero-order valence-corrected chi connectivity index (χ0v) is 7.33. The largest absolute Gasteiger partial charge is 0.391 e. The van der Waals surface area contributed by atoms with Crippen molar-refractivity contribution in [3.63, 3.8) is 0 Å². The van der Waals surface area contributed by atoms with Gasteiger partial charge in [-0.05, 0) is 13.8 Å². The molecule has 0 aromatic rings. The Morgan fingerprint density at radius 2 is 2.36 bits per heavy atom. The Labute approximate surface area is 68.1 Å². The van der Waals surface area contributed by atoms with Crippen molar-refractivity contribution in [2.24, 2.45) is 0 Å². The SMILES string of the molecule is BC[C@H](O)[C@@H]1COC(C)(C)O1. The first-order valence-corrected chi connectivity index (χ1v) is 4.05. The molecule has 0 saturated carbocycles. The number of hydrogen-bond acceptors (Lipinski definition) is 3. The summed E-state index contributed by atoms with van der Waals surface area (Å²) in [4.78, 5) is 0. The van der Waals surface area contributed by atoms with E-state index in [2.05, 4.69) is 0 Å². The van der Waals surface area contributed by atoms with Gasteiger partial charge in [0.05, 0.1) is 12.7 Å². The van der Waals surface area contributed by atoms with E-state index >= 15 is 0 Å². The van der Waals surface area contributed by atoms with Crippen LogP contribution in [-0.4, -0.2) is 37.6 Å². The maximum absolute atomic E-state index is 9.38. The lowest BCUT2D eigenvalue weighted by atomic mass is 9.96. The highest BCUT2D eigenvalue weighted by molar-refractivity contribution is 6.08. The number of rotatable bonds is 2. The van der Waals surface area contributed by atoms with Crippen LogP contribution in [0.15, 0.2) is 0 Å². The monoisotopic (exact) mass is 158 g/mol. The maximum atomic E-state index is 9.38. The lowest BCUT2D eigenvalue weighted by molar-refractivity contribution is -0.149. The van der Waals surface area contributed by atoms with Crippen LogP contribution in [0, 0.1) is 0 Å². The fourth-order valence-corrected chi connectivity index (χ4v) is 1.17. The van der Waals surface area contributed by atoms with E-state index in [9.17, 15) is 5.11 Å². The van der Waals surface area contributed by atoms with Gasteiger partial charge in [0.2, 0.25) is 0 Å². The molecule has 64 valence electrons. The molecule has 0 radical (unpaired) electrons. The highest BCUT2D eigenvalue weighted by Gasteiger charge is 2.35. The Hall–Kier alpha value is -0.0551. The summed E-state index contributed by atoms with van der Waals surface area (Å²) in [5.41, 5.74) is 0. The molecule has 0 unspecified atom stereocenters. The minimum Gasteiger partial charge on any atom is -0.391 e. The van der Waals surface area contributed by atoms with Crippen molar-refractivity contribution in [3.05, 3.63) is 0 Å². The van der Waals surface area contributed by atoms with Crippen LogP contribution < -0.4 is 0 Å². The molecule has 4 heteroatoms. The standard InChI is InChI=1S/C7H15BO3/c1-7(2)10-4-6(11-7)5(9)3-8/h5-6,9H,3-4,8H2,1-2H3/t5-,6-/m0/s1. The molecule has 3 nitrogen and oxygen atoms in total. The van der Waals surface area contributed by atoms with Gasteiger partial charge in [-0.25, -0.2) is 0 Å². The number of ether oxygens (including phenoxy) is 2. The second-order valence-electron chi connectivity index (χ2n) is 3.34. The summed E-state index contributed by atoms with van der Waals surface area (Å²) in [6.07, 6.45) is 0.177. The lowest BCUT2D eigenvalue weighted by Crippen LogP contribution is -2.30. The van der Waals surface area contributed by atoms with Gasteiger partial charge in [-0.1, -0.05) is 6.32 Å². The first-order chi connectivity index (χ1) is 5.05. The van der Waals surface area contributed by atoms with Crippen LogP contribution in [0.25, 0.3) is 0 Å². The van der Waals surface area contributed by atoms with E-state index in [0.29, 0.717) is 12.9 Å². The minimum atomic E-state index is -0.513. The van der Waals surface area contributed by atoms with Crippen LogP contribution in [0.3, 0.4) is 0 Å². The Kier molecular flexibility index (Phi) is 2.57. The highest BCUT2D eigenvalue weighted by atomic mass is 16.7. The van der Waals surface area contributed by atoms with Crippen molar-refractivity contribution in [1.29, 1.82) is 0 Å². The van der Waals surface area contributed by atoms with Gasteiger partial charge in [0.15, 0.2) is 5.79 Å². The zero-order chi connectivity index (χ0) is 8.48. The molecule has 0 spiro atoms. The molecule has 1 fully saturated rings. The average molecular weight is 158 g/mol. The van der Waals surface area contributed by atoms with E-state index in [4.69, 9.17) is 9.47 Å². The molecule has 1 heterocycles. The van der Waals surface area contributed by atoms with Crippen molar-refractivity contribution in [2.45, 2.75) is 38.2 Å². The summed E-state index contributed by atoms with van der Waals surface area (Å²) in [6.45, 7) is 4.22. The van der Waals surface area contributed by atoms with Gasteiger partial charge in [-0.3, -0.25) is 0 Å². The second-order valence-corrected chi connectivity index (χ2v) is 3.34. The molecule has 0 aromatic heterocycles. The molecule has 1 rings (SSSR count). The molecule has 1 aliphatic heterocycles. The summed E-state index contributed by atoms with van der Waals surface area (Å²) in [5, 5.41) is 9.38. The lowest BCUT2D eigenvalue weighted by Gasteiger charge is -2.19. The van der Waals surface area contributed by atoms with Gasteiger partial charge >= 0.3 is 0 Å². The third-order valence-electron chi connectivity index (χ3n) is 1.88. The predicted molar refractivity (Wildman–Crippen MR) is 44.3 cm³/mol. The smallest absolute Gasteiger partial charge is 0.163 e. The molecule has 11 heavy (non-hydrogen) atoms. The van der Waals surface area contributed by atoms with Gasteiger partial charge in [-0.15, -0.1) is 0 Å². The van der Waals surface area contributed by atoms with Crippen molar-refractivity contribution >= 4 is 7.85 Å². The molecule has 0 aromatic carbocycles. The third kappa shape index (κ3) is 2.19. The van der Waals surface area contributed by atoms with E-state index in [-0.39, 0.29) is 6.10 Å². The summed E-state index contributed by atoms with van der Waals surface area (Å²) < 4.78 is 10.7. The Bertz CT molecular complexity index is 138. The first kappa shape index (κ1) is 9.04. The molecular formula is C7H15BO3. The van der Waals surface area contributed by atoms with E-state index in [1.807, 2.05) is 21.7 Å². The second kappa shape index (κ2) is 3.13. The maximum Gasteiger partial charge on any atom is 0.163 e. The molecular weight excluding hydrogens is 143 g/mol. The zero-order valence-electron chi connectivity index (χ0n) is 7.33. The molecule has 0 aliphatic carbocycles. The Balaban J connectivity index is 2.41. The van der Waals surface area contributed by atoms with Crippen molar-refractivity contribution in [1.82, 2.24) is 0 Å². The van der Waals surface area contributed by atoms with Crippen LogP contribution in [0.2, 0.25) is 6.32 Å². The van der Waals surface area contributed by atoms with E-state index in [1.54, 1.807) is 0 Å². The third-order valence-corrected chi connectivity index (χ3v) is 1.88. The van der Waals surface area contributed by atoms with Crippen LogP contribution in [0.5, 0.6) is 0 Å². The van der Waals surface area contributed by atoms with Crippen LogP contribution in [0.1, 0.15) is 13.8 Å². The number of hydrogen-bond donors (Lipinski definition) is 1. The Morgan fingerprint density at radius 3 is 2.73 bits per heavy atom. The fraction of sp³-hybridized carbons (Fsp3) is 1.00. The normalized spacial score (nSPS) is 32.1. The van der Waals surface area contributed by atoms with Gasteiger partial charge in [-0.2, -0.15) is 0 Å². The average Bonchev–Trinajstić information content (AvgIpc) is 2.29. The van der Waals surface area contributed by atoms with Crippen LogP contribution >= 0.6 is 0 Å². The van der Waals surface area contributed by atoms with Gasteiger partial charge in [0.25, 0.3) is 0 Å². The van der Waals surface area contributed by atoms with E-state index in [1.165, 1.54) is 0 Å². The summed E-state index contributed by atoms with van der Waals surface area (Å²) in [5.74, 6) is -0.513. The van der Waals surface area contributed by atoms with Gasteiger partial charge < -0.3 is 14.6 Å². The minimum absolute atomic E-state index is 0.144. The number of aliphatic hydroxyl groups excluding tert-OH is 1.